The van der Waals surface area contributed by atoms with E-state index in [1.54, 1.807) is 30.3 Å². The Morgan fingerprint density at radius 3 is 2.45 bits per heavy atom. The van der Waals surface area contributed by atoms with Crippen molar-refractivity contribution in [2.75, 3.05) is 0 Å². The van der Waals surface area contributed by atoms with Gasteiger partial charge < -0.3 is 4.42 Å². The third kappa shape index (κ3) is 2.39. The molecule has 0 aliphatic rings. The summed E-state index contributed by atoms with van der Waals surface area (Å²) in [7, 11) is 0. The largest absolute Gasteiger partial charge is 0.422 e. The highest BCUT2D eigenvalue weighted by atomic mass is 19.4. The van der Waals surface area contributed by atoms with Gasteiger partial charge in [0.1, 0.15) is 5.76 Å². The van der Waals surface area contributed by atoms with Crippen LogP contribution in [0.3, 0.4) is 0 Å². The van der Waals surface area contributed by atoms with Crippen molar-refractivity contribution in [1.82, 2.24) is 0 Å². The first-order valence-electron chi connectivity index (χ1n) is 6.58. The van der Waals surface area contributed by atoms with E-state index in [0.29, 0.717) is 10.8 Å². The van der Waals surface area contributed by atoms with Crippen LogP contribution in [0.5, 0.6) is 0 Å². The van der Waals surface area contributed by atoms with Crippen LogP contribution >= 0.6 is 0 Å². The maximum Gasteiger partial charge on any atom is 0.416 e. The van der Waals surface area contributed by atoms with E-state index >= 15 is 0 Å². The van der Waals surface area contributed by atoms with Crippen molar-refractivity contribution in [2.24, 2.45) is 0 Å². The molecule has 1 aromatic heterocycles. The molecule has 1 heterocycles. The van der Waals surface area contributed by atoms with Gasteiger partial charge in [-0.25, -0.2) is 4.79 Å². The summed E-state index contributed by atoms with van der Waals surface area (Å²) in [6, 6.07) is 12.2. The van der Waals surface area contributed by atoms with Gasteiger partial charge in [-0.1, -0.05) is 30.3 Å². The zero-order valence-electron chi connectivity index (χ0n) is 11.6. The van der Waals surface area contributed by atoms with Gasteiger partial charge in [0.15, 0.2) is 0 Å². The molecule has 0 saturated heterocycles. The van der Waals surface area contributed by atoms with E-state index in [2.05, 4.69) is 0 Å². The predicted molar refractivity (Wildman–Crippen MR) is 77.7 cm³/mol. The molecule has 0 bridgehead atoms. The van der Waals surface area contributed by atoms with Gasteiger partial charge in [0.05, 0.1) is 10.9 Å². The van der Waals surface area contributed by atoms with Crippen molar-refractivity contribution in [2.45, 2.75) is 13.1 Å². The SMILES string of the molecule is Cc1c(-c2cc3ccccc3c(=O)o2)cccc1C(F)(F)F. The zero-order valence-corrected chi connectivity index (χ0v) is 11.6. The van der Waals surface area contributed by atoms with Crippen LogP contribution < -0.4 is 5.63 Å². The van der Waals surface area contributed by atoms with E-state index < -0.39 is 17.4 Å². The molecule has 0 fully saturated rings. The van der Waals surface area contributed by atoms with Crippen LogP contribution in [0, 0.1) is 6.92 Å². The van der Waals surface area contributed by atoms with Crippen molar-refractivity contribution >= 4 is 10.8 Å². The number of fused-ring (bicyclic) bond motifs is 1. The Hall–Kier alpha value is -2.56. The van der Waals surface area contributed by atoms with Crippen molar-refractivity contribution < 1.29 is 17.6 Å². The Labute approximate surface area is 123 Å². The van der Waals surface area contributed by atoms with E-state index in [4.69, 9.17) is 4.42 Å². The highest BCUT2D eigenvalue weighted by Gasteiger charge is 2.33. The molecule has 2 nitrogen and oxygen atoms in total. The minimum absolute atomic E-state index is 0.0356. The van der Waals surface area contributed by atoms with Crippen LogP contribution in [0.15, 0.2) is 57.7 Å². The molecule has 3 rings (SSSR count). The molecule has 0 aliphatic carbocycles. The Morgan fingerprint density at radius 2 is 1.73 bits per heavy atom. The topological polar surface area (TPSA) is 30.2 Å². The Morgan fingerprint density at radius 1 is 1.00 bits per heavy atom. The number of benzene rings is 2. The molecule has 0 atom stereocenters. The molecular weight excluding hydrogens is 293 g/mol. The lowest BCUT2D eigenvalue weighted by atomic mass is 9.99. The Balaban J connectivity index is 2.27. The molecule has 0 saturated carbocycles. The number of rotatable bonds is 1. The number of hydrogen-bond acceptors (Lipinski definition) is 2. The lowest BCUT2D eigenvalue weighted by molar-refractivity contribution is -0.138. The molecule has 3 aromatic rings. The fourth-order valence-electron chi connectivity index (χ4n) is 2.48. The first-order chi connectivity index (χ1) is 10.4. The van der Waals surface area contributed by atoms with Crippen molar-refractivity contribution in [3.8, 4) is 11.3 Å². The minimum Gasteiger partial charge on any atom is -0.422 e. The van der Waals surface area contributed by atoms with E-state index in [0.717, 1.165) is 6.07 Å². The molecule has 0 amide bonds. The molecule has 0 N–H and O–H groups in total. The highest BCUT2D eigenvalue weighted by molar-refractivity contribution is 5.84. The average molecular weight is 304 g/mol. The van der Waals surface area contributed by atoms with Crippen LogP contribution in [0.2, 0.25) is 0 Å². The lowest BCUT2D eigenvalue weighted by Crippen LogP contribution is -2.08. The lowest BCUT2D eigenvalue weighted by Gasteiger charge is -2.13. The van der Waals surface area contributed by atoms with Crippen LogP contribution in [-0.4, -0.2) is 0 Å². The molecule has 22 heavy (non-hydrogen) atoms. The predicted octanol–water partition coefficient (Wildman–Crippen LogP) is 4.79. The van der Waals surface area contributed by atoms with Gasteiger partial charge in [-0.15, -0.1) is 0 Å². The number of alkyl halides is 3. The van der Waals surface area contributed by atoms with E-state index in [1.165, 1.54) is 19.1 Å². The maximum atomic E-state index is 13.0. The fraction of sp³-hybridized carbons (Fsp3) is 0.118. The summed E-state index contributed by atoms with van der Waals surface area (Å²) in [5, 5.41) is 1.03. The first-order valence-corrected chi connectivity index (χ1v) is 6.58. The van der Waals surface area contributed by atoms with E-state index in [9.17, 15) is 18.0 Å². The molecule has 2 aromatic carbocycles. The van der Waals surface area contributed by atoms with Crippen LogP contribution in [-0.2, 0) is 6.18 Å². The molecule has 0 unspecified atom stereocenters. The summed E-state index contributed by atoms with van der Waals surface area (Å²) in [5.74, 6) is 0.132. The molecule has 0 aliphatic heterocycles. The van der Waals surface area contributed by atoms with E-state index in [1.807, 2.05) is 0 Å². The maximum absolute atomic E-state index is 13.0. The number of halogens is 3. The first kappa shape index (κ1) is 14.4. The smallest absolute Gasteiger partial charge is 0.416 e. The summed E-state index contributed by atoms with van der Waals surface area (Å²) in [6.07, 6.45) is -4.45. The van der Waals surface area contributed by atoms with Crippen molar-refractivity contribution in [3.63, 3.8) is 0 Å². The van der Waals surface area contributed by atoms with Crippen LogP contribution in [0.1, 0.15) is 11.1 Å². The van der Waals surface area contributed by atoms with Gasteiger partial charge in [0, 0.05) is 5.56 Å². The molecule has 0 radical (unpaired) electrons. The third-order valence-corrected chi connectivity index (χ3v) is 3.57. The highest BCUT2D eigenvalue weighted by Crippen LogP contribution is 2.36. The molecule has 112 valence electrons. The fourth-order valence-corrected chi connectivity index (χ4v) is 2.48. The summed E-state index contributed by atoms with van der Waals surface area (Å²) >= 11 is 0. The van der Waals surface area contributed by atoms with Crippen LogP contribution in [0.4, 0.5) is 13.2 Å². The normalized spacial score (nSPS) is 11.8. The molecular formula is C17H11F3O2. The Bertz CT molecular complexity index is 908. The quantitative estimate of drug-likeness (QED) is 0.647. The standard InChI is InChI=1S/C17H11F3O2/c1-10-12(7-4-8-14(10)17(18,19)20)15-9-11-5-2-3-6-13(11)16(21)22-15/h2-9H,1H3. The van der Waals surface area contributed by atoms with Gasteiger partial charge in [-0.05, 0) is 36.1 Å². The minimum atomic E-state index is -4.45. The monoisotopic (exact) mass is 304 g/mol. The zero-order chi connectivity index (χ0) is 15.9. The van der Waals surface area contributed by atoms with Gasteiger partial charge in [-0.2, -0.15) is 13.2 Å². The summed E-state index contributed by atoms with van der Waals surface area (Å²) < 4.78 is 44.2. The summed E-state index contributed by atoms with van der Waals surface area (Å²) in [5.41, 5.74) is -1.00. The molecule has 5 heteroatoms. The number of hydrogen-bond donors (Lipinski definition) is 0. The molecule has 0 spiro atoms. The van der Waals surface area contributed by atoms with Gasteiger partial charge in [-0.3, -0.25) is 0 Å². The van der Waals surface area contributed by atoms with Crippen molar-refractivity contribution in [1.29, 1.82) is 0 Å². The van der Waals surface area contributed by atoms with Crippen molar-refractivity contribution in [3.05, 3.63) is 70.1 Å². The van der Waals surface area contributed by atoms with Gasteiger partial charge in [0.2, 0.25) is 0 Å². The summed E-state index contributed by atoms with van der Waals surface area (Å²) in [6.45, 7) is 1.37. The summed E-state index contributed by atoms with van der Waals surface area (Å²) in [4.78, 5) is 12.0. The van der Waals surface area contributed by atoms with Crippen LogP contribution in [0.25, 0.3) is 22.1 Å². The average Bonchev–Trinajstić information content (AvgIpc) is 2.46. The van der Waals surface area contributed by atoms with Gasteiger partial charge >= 0.3 is 11.8 Å². The third-order valence-electron chi connectivity index (χ3n) is 3.57. The Kier molecular flexibility index (Phi) is 3.28. The van der Waals surface area contributed by atoms with E-state index in [-0.39, 0.29) is 16.9 Å². The second-order valence-corrected chi connectivity index (χ2v) is 4.96. The van der Waals surface area contributed by atoms with Gasteiger partial charge in [0.25, 0.3) is 0 Å². The second-order valence-electron chi connectivity index (χ2n) is 4.96. The second kappa shape index (κ2) is 5.02.